The third-order valence-corrected chi connectivity index (χ3v) is 2.24. The molecule has 0 spiro atoms. The number of hydrogen-bond acceptors (Lipinski definition) is 3. The molecule has 0 saturated carbocycles. The molecule has 0 aliphatic rings. The summed E-state index contributed by atoms with van der Waals surface area (Å²) in [6.45, 7) is 0. The van der Waals surface area contributed by atoms with Gasteiger partial charge in [-0.25, -0.2) is 0 Å². The molecule has 4 heteroatoms. The molecular formula is C13H14N4. The normalized spacial score (nSPS) is 9.71. The fourth-order valence-corrected chi connectivity index (χ4v) is 1.46. The van der Waals surface area contributed by atoms with Gasteiger partial charge in [-0.1, -0.05) is 24.3 Å². The average Bonchev–Trinajstić information content (AvgIpc) is 2.74. The van der Waals surface area contributed by atoms with E-state index in [0.29, 0.717) is 5.69 Å². The maximum atomic E-state index is 5.30. The first-order valence-corrected chi connectivity index (χ1v) is 5.29. The van der Waals surface area contributed by atoms with Crippen molar-refractivity contribution in [3.8, 4) is 0 Å². The van der Waals surface area contributed by atoms with Gasteiger partial charge in [0.1, 0.15) is 0 Å². The molecule has 0 unspecified atom stereocenters. The molecule has 0 amide bonds. The van der Waals surface area contributed by atoms with E-state index in [1.807, 2.05) is 37.5 Å². The molecule has 0 bridgehead atoms. The molecular weight excluding hydrogens is 212 g/mol. The van der Waals surface area contributed by atoms with Crippen LogP contribution in [0.15, 0.2) is 55.0 Å². The fourth-order valence-electron chi connectivity index (χ4n) is 1.46. The first-order chi connectivity index (χ1) is 8.25. The number of rotatable bonds is 0. The van der Waals surface area contributed by atoms with Crippen LogP contribution in [0.25, 0.3) is 10.9 Å². The van der Waals surface area contributed by atoms with Crippen molar-refractivity contribution in [2.24, 2.45) is 7.05 Å². The van der Waals surface area contributed by atoms with E-state index in [0.717, 1.165) is 5.52 Å². The molecule has 3 aromatic rings. The van der Waals surface area contributed by atoms with Gasteiger partial charge in [-0.05, 0) is 12.1 Å². The van der Waals surface area contributed by atoms with Crippen molar-refractivity contribution in [2.75, 3.05) is 5.73 Å². The van der Waals surface area contributed by atoms with Crippen LogP contribution >= 0.6 is 0 Å². The number of nitrogens with zero attached hydrogens (tertiary/aromatic N) is 3. The highest BCUT2D eigenvalue weighted by atomic mass is 15.2. The van der Waals surface area contributed by atoms with Gasteiger partial charge in [-0.3, -0.25) is 9.67 Å². The van der Waals surface area contributed by atoms with Crippen LogP contribution in [0, 0.1) is 0 Å². The lowest BCUT2D eigenvalue weighted by Crippen LogP contribution is -1.84. The first-order valence-electron chi connectivity index (χ1n) is 5.29. The standard InChI is InChI=1S/C9H7N.C4H7N3/c1-2-6-9-8(4-1)5-3-7-10-9;1-7-3-4(5)2-6-7/h1-7H;2-3H,5H2,1H3. The Bertz CT molecular complexity index is 519. The number of anilines is 1. The Hall–Kier alpha value is -2.36. The van der Waals surface area contributed by atoms with Crippen molar-refractivity contribution in [2.45, 2.75) is 0 Å². The lowest BCUT2D eigenvalue weighted by molar-refractivity contribution is 0.768. The molecule has 0 radical (unpaired) electrons. The van der Waals surface area contributed by atoms with Crippen molar-refractivity contribution in [1.82, 2.24) is 14.8 Å². The predicted molar refractivity (Wildman–Crippen MR) is 69.4 cm³/mol. The minimum absolute atomic E-state index is 0.711. The van der Waals surface area contributed by atoms with Crippen LogP contribution in [0.5, 0.6) is 0 Å². The van der Waals surface area contributed by atoms with Crippen molar-refractivity contribution < 1.29 is 0 Å². The van der Waals surface area contributed by atoms with E-state index in [2.05, 4.69) is 22.2 Å². The van der Waals surface area contributed by atoms with Crippen molar-refractivity contribution in [1.29, 1.82) is 0 Å². The Morgan fingerprint density at radius 1 is 1.12 bits per heavy atom. The lowest BCUT2D eigenvalue weighted by atomic mass is 10.2. The van der Waals surface area contributed by atoms with Gasteiger partial charge >= 0.3 is 0 Å². The second kappa shape index (κ2) is 5.12. The van der Waals surface area contributed by atoms with E-state index in [-0.39, 0.29) is 0 Å². The highest BCUT2D eigenvalue weighted by Crippen LogP contribution is 2.07. The molecule has 0 aliphatic heterocycles. The summed E-state index contributed by atoms with van der Waals surface area (Å²) >= 11 is 0. The number of aryl methyl sites for hydroxylation is 1. The van der Waals surface area contributed by atoms with Crippen molar-refractivity contribution in [3.63, 3.8) is 0 Å². The molecule has 0 saturated heterocycles. The third-order valence-electron chi connectivity index (χ3n) is 2.24. The fraction of sp³-hybridized carbons (Fsp3) is 0.0769. The van der Waals surface area contributed by atoms with Crippen LogP contribution in [-0.2, 0) is 7.05 Å². The molecule has 0 aliphatic carbocycles. The third kappa shape index (κ3) is 3.04. The van der Waals surface area contributed by atoms with Crippen molar-refractivity contribution >= 4 is 16.6 Å². The number of para-hydroxylation sites is 1. The Labute approximate surface area is 99.7 Å². The van der Waals surface area contributed by atoms with Gasteiger partial charge in [0.25, 0.3) is 0 Å². The number of fused-ring (bicyclic) bond motifs is 1. The zero-order valence-corrected chi connectivity index (χ0v) is 9.62. The van der Waals surface area contributed by atoms with Gasteiger partial charge < -0.3 is 5.73 Å². The van der Waals surface area contributed by atoms with Crippen LogP contribution in [0.1, 0.15) is 0 Å². The first kappa shape index (κ1) is 11.1. The Kier molecular flexibility index (Phi) is 3.35. The Balaban J connectivity index is 0.000000136. The van der Waals surface area contributed by atoms with Crippen molar-refractivity contribution in [3.05, 3.63) is 55.0 Å². The quantitative estimate of drug-likeness (QED) is 0.639. The maximum Gasteiger partial charge on any atom is 0.0719 e. The number of benzene rings is 1. The molecule has 0 atom stereocenters. The summed E-state index contributed by atoms with van der Waals surface area (Å²) < 4.78 is 1.66. The van der Waals surface area contributed by atoms with E-state index in [1.165, 1.54) is 5.39 Å². The second-order valence-corrected chi connectivity index (χ2v) is 3.64. The molecule has 1 aromatic carbocycles. The minimum Gasteiger partial charge on any atom is -0.396 e. The predicted octanol–water partition coefficient (Wildman–Crippen LogP) is 2.24. The molecule has 2 aromatic heterocycles. The second-order valence-electron chi connectivity index (χ2n) is 3.64. The smallest absolute Gasteiger partial charge is 0.0719 e. The van der Waals surface area contributed by atoms with E-state index in [9.17, 15) is 0 Å². The van der Waals surface area contributed by atoms with Gasteiger partial charge in [0.15, 0.2) is 0 Å². The van der Waals surface area contributed by atoms with Crippen LogP contribution in [0.4, 0.5) is 5.69 Å². The zero-order valence-electron chi connectivity index (χ0n) is 9.62. The van der Waals surface area contributed by atoms with E-state index >= 15 is 0 Å². The van der Waals surface area contributed by atoms with Gasteiger partial charge in [0.05, 0.1) is 17.4 Å². The minimum atomic E-state index is 0.711. The van der Waals surface area contributed by atoms with E-state index < -0.39 is 0 Å². The number of pyridine rings is 1. The molecule has 2 heterocycles. The SMILES string of the molecule is Cn1cc(N)cn1.c1ccc2ncccc2c1. The molecule has 3 rings (SSSR count). The summed E-state index contributed by atoms with van der Waals surface area (Å²) in [6, 6.07) is 12.1. The van der Waals surface area contributed by atoms with Gasteiger partial charge in [0.2, 0.25) is 0 Å². The van der Waals surface area contributed by atoms with E-state index in [4.69, 9.17) is 5.73 Å². The summed E-state index contributed by atoms with van der Waals surface area (Å²) in [4.78, 5) is 4.18. The van der Waals surface area contributed by atoms with Crippen LogP contribution in [-0.4, -0.2) is 14.8 Å². The van der Waals surface area contributed by atoms with Crippen LogP contribution in [0.2, 0.25) is 0 Å². The molecule has 86 valence electrons. The number of nitrogen functional groups attached to an aromatic ring is 1. The van der Waals surface area contributed by atoms with E-state index in [1.54, 1.807) is 17.1 Å². The molecule has 0 fully saturated rings. The summed E-state index contributed by atoms with van der Waals surface area (Å²) in [5, 5.41) is 5.01. The van der Waals surface area contributed by atoms with Gasteiger partial charge in [-0.2, -0.15) is 5.10 Å². The monoisotopic (exact) mass is 226 g/mol. The Morgan fingerprint density at radius 3 is 2.47 bits per heavy atom. The highest BCUT2D eigenvalue weighted by Gasteiger charge is 1.86. The summed E-state index contributed by atoms with van der Waals surface area (Å²) in [7, 11) is 1.83. The van der Waals surface area contributed by atoms with Crippen LogP contribution < -0.4 is 5.73 Å². The Morgan fingerprint density at radius 2 is 1.88 bits per heavy atom. The molecule has 17 heavy (non-hydrogen) atoms. The summed E-state index contributed by atoms with van der Waals surface area (Å²) in [5.74, 6) is 0. The highest BCUT2D eigenvalue weighted by molar-refractivity contribution is 5.77. The zero-order chi connectivity index (χ0) is 12.1. The lowest BCUT2D eigenvalue weighted by Gasteiger charge is -1.91. The molecule has 4 nitrogen and oxygen atoms in total. The number of hydrogen-bond donors (Lipinski definition) is 1. The summed E-state index contributed by atoms with van der Waals surface area (Å²) in [6.07, 6.45) is 5.17. The maximum absolute atomic E-state index is 5.30. The largest absolute Gasteiger partial charge is 0.396 e. The molecule has 2 N–H and O–H groups in total. The van der Waals surface area contributed by atoms with Gasteiger partial charge in [-0.15, -0.1) is 0 Å². The van der Waals surface area contributed by atoms with Crippen LogP contribution in [0.3, 0.4) is 0 Å². The topological polar surface area (TPSA) is 56.7 Å². The number of nitrogens with two attached hydrogens (primary N) is 1. The average molecular weight is 226 g/mol. The number of aromatic nitrogens is 3. The van der Waals surface area contributed by atoms with Gasteiger partial charge in [0, 0.05) is 24.8 Å². The summed E-state index contributed by atoms with van der Waals surface area (Å²) in [5.41, 5.74) is 7.07.